The smallest absolute Gasteiger partial charge is 0.258 e. The molecule has 2 aromatic carbocycles. The van der Waals surface area contributed by atoms with Gasteiger partial charge >= 0.3 is 0 Å². The Hall–Kier alpha value is -3.14. The molecule has 0 saturated carbocycles. The van der Waals surface area contributed by atoms with Crippen LogP contribution in [-0.2, 0) is 6.54 Å². The number of carbonyl (C=O) groups excluding carboxylic acids is 1. The highest BCUT2D eigenvalue weighted by Crippen LogP contribution is 2.21. The summed E-state index contributed by atoms with van der Waals surface area (Å²) in [6.45, 7) is 5.61. The molecule has 0 saturated heterocycles. The maximum absolute atomic E-state index is 13.3. The average Bonchev–Trinajstić information content (AvgIpc) is 2.71. The quantitative estimate of drug-likeness (QED) is 0.646. The van der Waals surface area contributed by atoms with Gasteiger partial charge in [-0.25, -0.2) is 4.98 Å². The van der Waals surface area contributed by atoms with Crippen molar-refractivity contribution >= 4 is 17.4 Å². The van der Waals surface area contributed by atoms with E-state index in [2.05, 4.69) is 24.1 Å². The first kappa shape index (κ1) is 18.6. The number of nitrogens with one attached hydrogen (secondary N) is 1. The van der Waals surface area contributed by atoms with Gasteiger partial charge in [-0.15, -0.1) is 0 Å². The number of aromatic nitrogens is 1. The number of pyridine rings is 1. The second-order valence-electron chi connectivity index (χ2n) is 6.92. The standard InChI is InChI=1S/C23H25N3O/c1-18(2)16-25-22-15-20(13-14-24-22)23(27)26(21-11-7-4-8-12-21)17-19-9-5-3-6-10-19/h3-15,18H,16-17H2,1-2H3,(H,24,25). The molecular formula is C23H25N3O. The Morgan fingerprint density at radius 1 is 1.00 bits per heavy atom. The SMILES string of the molecule is CC(C)CNc1cc(C(=O)N(Cc2ccccc2)c2ccccc2)ccn1. The maximum Gasteiger partial charge on any atom is 0.258 e. The largest absolute Gasteiger partial charge is 0.370 e. The third-order valence-corrected chi connectivity index (χ3v) is 4.19. The lowest BCUT2D eigenvalue weighted by atomic mass is 10.1. The van der Waals surface area contributed by atoms with Crippen molar-refractivity contribution in [2.45, 2.75) is 20.4 Å². The lowest BCUT2D eigenvalue weighted by Crippen LogP contribution is -2.30. The summed E-state index contributed by atoms with van der Waals surface area (Å²) < 4.78 is 0. The van der Waals surface area contributed by atoms with Crippen molar-refractivity contribution in [3.05, 3.63) is 90.1 Å². The summed E-state index contributed by atoms with van der Waals surface area (Å²) in [6.07, 6.45) is 1.68. The summed E-state index contributed by atoms with van der Waals surface area (Å²) in [5.74, 6) is 1.19. The van der Waals surface area contributed by atoms with Crippen LogP contribution in [0.4, 0.5) is 11.5 Å². The van der Waals surface area contributed by atoms with Gasteiger partial charge in [0.1, 0.15) is 5.82 Å². The van der Waals surface area contributed by atoms with E-state index in [4.69, 9.17) is 0 Å². The van der Waals surface area contributed by atoms with E-state index in [1.54, 1.807) is 17.2 Å². The van der Waals surface area contributed by atoms with Gasteiger partial charge in [0.05, 0.1) is 6.54 Å². The second-order valence-corrected chi connectivity index (χ2v) is 6.92. The van der Waals surface area contributed by atoms with Crippen molar-refractivity contribution in [3.63, 3.8) is 0 Å². The Morgan fingerprint density at radius 3 is 2.33 bits per heavy atom. The average molecular weight is 359 g/mol. The molecule has 0 aliphatic heterocycles. The van der Waals surface area contributed by atoms with Gasteiger partial charge in [0.2, 0.25) is 0 Å². The summed E-state index contributed by atoms with van der Waals surface area (Å²) >= 11 is 0. The van der Waals surface area contributed by atoms with Crippen LogP contribution in [0.3, 0.4) is 0 Å². The Bertz CT molecular complexity index is 863. The molecule has 1 aromatic heterocycles. The van der Waals surface area contributed by atoms with Crippen molar-refractivity contribution in [3.8, 4) is 0 Å². The third-order valence-electron chi connectivity index (χ3n) is 4.19. The van der Waals surface area contributed by atoms with E-state index in [1.165, 1.54) is 0 Å². The number of benzene rings is 2. The Labute approximate surface area is 160 Å². The van der Waals surface area contributed by atoms with E-state index >= 15 is 0 Å². The molecule has 0 aliphatic carbocycles. The van der Waals surface area contributed by atoms with E-state index in [0.717, 1.165) is 23.6 Å². The minimum absolute atomic E-state index is 0.0416. The molecule has 4 nitrogen and oxygen atoms in total. The first-order valence-corrected chi connectivity index (χ1v) is 9.24. The van der Waals surface area contributed by atoms with E-state index in [9.17, 15) is 4.79 Å². The lowest BCUT2D eigenvalue weighted by Gasteiger charge is -2.23. The van der Waals surface area contributed by atoms with Crippen molar-refractivity contribution in [2.75, 3.05) is 16.8 Å². The molecule has 0 aliphatic rings. The predicted molar refractivity (Wildman–Crippen MR) is 111 cm³/mol. The van der Waals surface area contributed by atoms with Crippen molar-refractivity contribution in [1.82, 2.24) is 4.98 Å². The summed E-state index contributed by atoms with van der Waals surface area (Å²) in [5, 5.41) is 3.29. The van der Waals surface area contributed by atoms with Crippen LogP contribution in [0.2, 0.25) is 0 Å². The van der Waals surface area contributed by atoms with Gasteiger partial charge in [0.15, 0.2) is 0 Å². The van der Waals surface area contributed by atoms with Gasteiger partial charge < -0.3 is 10.2 Å². The number of hydrogen-bond donors (Lipinski definition) is 1. The zero-order chi connectivity index (χ0) is 19.1. The number of carbonyl (C=O) groups is 1. The highest BCUT2D eigenvalue weighted by Gasteiger charge is 2.18. The number of anilines is 2. The van der Waals surface area contributed by atoms with Gasteiger partial charge in [-0.05, 0) is 35.7 Å². The molecule has 0 fully saturated rings. The molecule has 3 aromatic rings. The number of nitrogens with zero attached hydrogens (tertiary/aromatic N) is 2. The van der Waals surface area contributed by atoms with E-state index in [1.807, 2.05) is 66.7 Å². The minimum Gasteiger partial charge on any atom is -0.370 e. The number of para-hydroxylation sites is 1. The van der Waals surface area contributed by atoms with Crippen LogP contribution in [-0.4, -0.2) is 17.4 Å². The molecule has 138 valence electrons. The first-order chi connectivity index (χ1) is 13.1. The molecule has 0 atom stereocenters. The fraction of sp³-hybridized carbons (Fsp3) is 0.217. The zero-order valence-electron chi connectivity index (χ0n) is 15.8. The van der Waals surface area contributed by atoms with Crippen molar-refractivity contribution in [1.29, 1.82) is 0 Å². The predicted octanol–water partition coefficient (Wildman–Crippen LogP) is 5.00. The van der Waals surface area contributed by atoms with Gasteiger partial charge in [0, 0.05) is 24.0 Å². The molecule has 27 heavy (non-hydrogen) atoms. The molecule has 0 unspecified atom stereocenters. The van der Waals surface area contributed by atoms with Gasteiger partial charge in [-0.1, -0.05) is 62.4 Å². The highest BCUT2D eigenvalue weighted by atomic mass is 16.2. The molecule has 4 heteroatoms. The molecule has 0 bridgehead atoms. The zero-order valence-corrected chi connectivity index (χ0v) is 15.8. The van der Waals surface area contributed by atoms with Crippen LogP contribution in [0.5, 0.6) is 0 Å². The van der Waals surface area contributed by atoms with E-state index in [0.29, 0.717) is 18.0 Å². The van der Waals surface area contributed by atoms with Gasteiger partial charge in [-0.3, -0.25) is 4.79 Å². The first-order valence-electron chi connectivity index (χ1n) is 9.24. The highest BCUT2D eigenvalue weighted by molar-refractivity contribution is 6.06. The Morgan fingerprint density at radius 2 is 1.67 bits per heavy atom. The van der Waals surface area contributed by atoms with Crippen molar-refractivity contribution < 1.29 is 4.79 Å². The number of amides is 1. The fourth-order valence-corrected chi connectivity index (χ4v) is 2.78. The van der Waals surface area contributed by atoms with Crippen LogP contribution in [0.1, 0.15) is 29.8 Å². The van der Waals surface area contributed by atoms with Gasteiger partial charge in [0.25, 0.3) is 5.91 Å². The van der Waals surface area contributed by atoms with Crippen LogP contribution in [0.15, 0.2) is 79.0 Å². The van der Waals surface area contributed by atoms with Crippen LogP contribution in [0, 0.1) is 5.92 Å². The van der Waals surface area contributed by atoms with Gasteiger partial charge in [-0.2, -0.15) is 0 Å². The molecule has 3 rings (SSSR count). The molecule has 0 spiro atoms. The summed E-state index contributed by atoms with van der Waals surface area (Å²) in [6, 6.07) is 23.4. The lowest BCUT2D eigenvalue weighted by molar-refractivity contribution is 0.0985. The van der Waals surface area contributed by atoms with Crippen LogP contribution >= 0.6 is 0 Å². The Balaban J connectivity index is 1.88. The maximum atomic E-state index is 13.3. The third kappa shape index (κ3) is 5.17. The van der Waals surface area contributed by atoms with E-state index < -0.39 is 0 Å². The van der Waals surface area contributed by atoms with Crippen molar-refractivity contribution in [2.24, 2.45) is 5.92 Å². The fourth-order valence-electron chi connectivity index (χ4n) is 2.78. The molecule has 1 heterocycles. The number of rotatable bonds is 7. The molecule has 1 N–H and O–H groups in total. The summed E-state index contributed by atoms with van der Waals surface area (Å²) in [4.78, 5) is 19.4. The minimum atomic E-state index is -0.0416. The Kier molecular flexibility index (Phi) is 6.21. The second kappa shape index (κ2) is 8.99. The number of hydrogen-bond acceptors (Lipinski definition) is 3. The normalized spacial score (nSPS) is 10.6. The summed E-state index contributed by atoms with van der Waals surface area (Å²) in [7, 11) is 0. The summed E-state index contributed by atoms with van der Waals surface area (Å²) in [5.41, 5.74) is 2.58. The van der Waals surface area contributed by atoms with Crippen LogP contribution < -0.4 is 10.2 Å². The topological polar surface area (TPSA) is 45.2 Å². The molecule has 1 amide bonds. The molecular weight excluding hydrogens is 334 g/mol. The van der Waals surface area contributed by atoms with E-state index in [-0.39, 0.29) is 5.91 Å². The molecule has 0 radical (unpaired) electrons. The van der Waals surface area contributed by atoms with Crippen LogP contribution in [0.25, 0.3) is 0 Å². The monoisotopic (exact) mass is 359 g/mol.